The van der Waals surface area contributed by atoms with E-state index in [1.165, 1.54) is 12.1 Å². The van der Waals surface area contributed by atoms with Gasteiger partial charge < -0.3 is 10.8 Å². The number of para-hydroxylation sites is 1. The fourth-order valence-electron chi connectivity index (χ4n) is 0.670. The first-order valence-electron chi connectivity index (χ1n) is 2.77. The molecule has 0 heterocycles. The SMILES string of the molecule is NC(=O)c1ccccc1[O-].[Na+]. The predicted octanol–water partition coefficient (Wildman–Crippen LogP) is -3.14. The summed E-state index contributed by atoms with van der Waals surface area (Å²) in [7, 11) is 0. The van der Waals surface area contributed by atoms with Crippen LogP contribution in [0.1, 0.15) is 10.4 Å². The molecule has 0 fully saturated rings. The summed E-state index contributed by atoms with van der Waals surface area (Å²) < 4.78 is 0. The number of hydrogen-bond donors (Lipinski definition) is 1. The largest absolute Gasteiger partial charge is 1.00 e. The molecule has 0 bridgehead atoms. The van der Waals surface area contributed by atoms with Crippen molar-refractivity contribution in [3.05, 3.63) is 29.8 Å². The third-order valence-corrected chi connectivity index (χ3v) is 1.15. The van der Waals surface area contributed by atoms with Crippen LogP contribution in [0.25, 0.3) is 0 Å². The van der Waals surface area contributed by atoms with E-state index in [2.05, 4.69) is 0 Å². The molecule has 52 valence electrons. The number of hydrogen-bond acceptors (Lipinski definition) is 2. The van der Waals surface area contributed by atoms with Gasteiger partial charge in [0.25, 0.3) is 0 Å². The molecule has 1 rings (SSSR count). The molecule has 11 heavy (non-hydrogen) atoms. The van der Waals surface area contributed by atoms with E-state index in [9.17, 15) is 9.90 Å². The van der Waals surface area contributed by atoms with Crippen LogP contribution in [-0.2, 0) is 0 Å². The summed E-state index contributed by atoms with van der Waals surface area (Å²) in [4.78, 5) is 10.4. The second-order valence-electron chi connectivity index (χ2n) is 1.86. The maximum absolute atomic E-state index is 10.8. The minimum absolute atomic E-state index is 0. The first kappa shape index (κ1) is 10.5. The monoisotopic (exact) mass is 159 g/mol. The molecule has 1 aromatic carbocycles. The maximum atomic E-state index is 10.8. The van der Waals surface area contributed by atoms with Gasteiger partial charge >= 0.3 is 29.6 Å². The van der Waals surface area contributed by atoms with Crippen LogP contribution in [0.2, 0.25) is 0 Å². The van der Waals surface area contributed by atoms with Crippen LogP contribution >= 0.6 is 0 Å². The van der Waals surface area contributed by atoms with Crippen molar-refractivity contribution in [3.8, 4) is 5.75 Å². The Labute approximate surface area is 86.5 Å². The third-order valence-electron chi connectivity index (χ3n) is 1.15. The molecular formula is C7H6NNaO2. The number of primary amides is 1. The van der Waals surface area contributed by atoms with Gasteiger partial charge in [0.1, 0.15) is 0 Å². The Bertz CT molecular complexity index is 262. The third kappa shape index (κ3) is 2.54. The Morgan fingerprint density at radius 2 is 1.91 bits per heavy atom. The molecule has 0 aromatic heterocycles. The summed E-state index contributed by atoms with van der Waals surface area (Å²) in [5.74, 6) is -0.999. The zero-order chi connectivity index (χ0) is 7.56. The Hall–Kier alpha value is -0.510. The molecule has 3 nitrogen and oxygen atoms in total. The normalized spacial score (nSPS) is 8.36. The molecule has 4 heteroatoms. The minimum atomic E-state index is -0.675. The number of carbonyl (C=O) groups excluding carboxylic acids is 1. The summed E-state index contributed by atoms with van der Waals surface area (Å²) in [6, 6.07) is 5.88. The van der Waals surface area contributed by atoms with E-state index in [4.69, 9.17) is 5.73 Å². The zero-order valence-electron chi connectivity index (χ0n) is 6.20. The van der Waals surface area contributed by atoms with Gasteiger partial charge in [-0.2, -0.15) is 0 Å². The quantitative estimate of drug-likeness (QED) is 0.440. The summed E-state index contributed by atoms with van der Waals surface area (Å²) >= 11 is 0. The molecule has 1 aromatic rings. The summed E-state index contributed by atoms with van der Waals surface area (Å²) in [6.45, 7) is 0. The van der Waals surface area contributed by atoms with E-state index >= 15 is 0 Å². The molecule has 2 N–H and O–H groups in total. The summed E-state index contributed by atoms with van der Waals surface area (Å²) in [5.41, 5.74) is 4.92. The second-order valence-corrected chi connectivity index (χ2v) is 1.86. The van der Waals surface area contributed by atoms with E-state index in [1.807, 2.05) is 0 Å². The fourth-order valence-corrected chi connectivity index (χ4v) is 0.670. The van der Waals surface area contributed by atoms with Gasteiger partial charge in [0.15, 0.2) is 0 Å². The van der Waals surface area contributed by atoms with Crippen LogP contribution in [0.15, 0.2) is 24.3 Å². The van der Waals surface area contributed by atoms with Crippen LogP contribution < -0.4 is 40.4 Å². The van der Waals surface area contributed by atoms with E-state index in [-0.39, 0.29) is 40.9 Å². The average Bonchev–Trinajstić information content (AvgIpc) is 1.88. The Morgan fingerprint density at radius 3 is 2.27 bits per heavy atom. The van der Waals surface area contributed by atoms with Crippen molar-refractivity contribution in [1.29, 1.82) is 0 Å². The number of nitrogens with two attached hydrogens (primary N) is 1. The molecule has 0 aliphatic heterocycles. The predicted molar refractivity (Wildman–Crippen MR) is 34.4 cm³/mol. The summed E-state index contributed by atoms with van der Waals surface area (Å²) in [5, 5.41) is 10.8. The van der Waals surface area contributed by atoms with E-state index in [0.717, 1.165) is 0 Å². The van der Waals surface area contributed by atoms with Crippen LogP contribution in [-0.4, -0.2) is 5.91 Å². The Morgan fingerprint density at radius 1 is 1.36 bits per heavy atom. The molecule has 0 atom stereocenters. The first-order valence-corrected chi connectivity index (χ1v) is 2.77. The molecule has 0 spiro atoms. The maximum Gasteiger partial charge on any atom is 1.00 e. The van der Waals surface area contributed by atoms with Gasteiger partial charge in [0.2, 0.25) is 5.91 Å². The van der Waals surface area contributed by atoms with Gasteiger partial charge in [-0.25, -0.2) is 0 Å². The molecule has 1 amide bonds. The smallest absolute Gasteiger partial charge is 0.872 e. The van der Waals surface area contributed by atoms with Gasteiger partial charge in [0.05, 0.1) is 0 Å². The van der Waals surface area contributed by atoms with Crippen LogP contribution in [0, 0.1) is 0 Å². The molecule has 0 saturated heterocycles. The minimum Gasteiger partial charge on any atom is -0.872 e. The Kier molecular flexibility index (Phi) is 4.18. The van der Waals surface area contributed by atoms with E-state index < -0.39 is 5.91 Å². The second kappa shape index (κ2) is 4.38. The average molecular weight is 159 g/mol. The van der Waals surface area contributed by atoms with Gasteiger partial charge in [-0.1, -0.05) is 30.0 Å². The van der Waals surface area contributed by atoms with Crippen molar-refractivity contribution < 1.29 is 39.5 Å². The summed E-state index contributed by atoms with van der Waals surface area (Å²) in [6.07, 6.45) is 0. The number of amides is 1. The van der Waals surface area contributed by atoms with Crippen molar-refractivity contribution in [2.24, 2.45) is 5.73 Å². The van der Waals surface area contributed by atoms with Crippen molar-refractivity contribution in [2.45, 2.75) is 0 Å². The molecule has 0 aliphatic carbocycles. The van der Waals surface area contributed by atoms with Gasteiger partial charge in [0, 0.05) is 5.56 Å². The Balaban J connectivity index is 0.000001000. The first-order chi connectivity index (χ1) is 4.72. The zero-order valence-corrected chi connectivity index (χ0v) is 8.20. The van der Waals surface area contributed by atoms with Crippen molar-refractivity contribution in [3.63, 3.8) is 0 Å². The van der Waals surface area contributed by atoms with Gasteiger partial charge in [-0.05, 0) is 0 Å². The molecule has 0 unspecified atom stereocenters. The molecule has 0 saturated carbocycles. The van der Waals surface area contributed by atoms with E-state index in [1.54, 1.807) is 12.1 Å². The fraction of sp³-hybridized carbons (Fsp3) is 0. The van der Waals surface area contributed by atoms with Crippen molar-refractivity contribution >= 4 is 5.91 Å². The standard InChI is InChI=1S/C7H7NO2.Na/c8-7(10)5-3-1-2-4-6(5)9;/h1-4,9H,(H2,8,10);/q;+1/p-1. The number of carbonyl (C=O) groups is 1. The topological polar surface area (TPSA) is 66.2 Å². The molecule has 0 aliphatic rings. The van der Waals surface area contributed by atoms with E-state index in [0.29, 0.717) is 0 Å². The van der Waals surface area contributed by atoms with Crippen molar-refractivity contribution in [1.82, 2.24) is 0 Å². The van der Waals surface area contributed by atoms with Gasteiger partial charge in [-0.15, -0.1) is 0 Å². The van der Waals surface area contributed by atoms with Crippen LogP contribution in [0.4, 0.5) is 0 Å². The van der Waals surface area contributed by atoms with Gasteiger partial charge in [-0.3, -0.25) is 4.79 Å². The van der Waals surface area contributed by atoms with Crippen molar-refractivity contribution in [2.75, 3.05) is 0 Å². The molecular weight excluding hydrogens is 153 g/mol. The number of benzene rings is 1. The number of rotatable bonds is 1. The van der Waals surface area contributed by atoms with Crippen LogP contribution in [0.3, 0.4) is 0 Å². The van der Waals surface area contributed by atoms with Crippen LogP contribution in [0.5, 0.6) is 5.75 Å². The molecule has 0 radical (unpaired) electrons.